The van der Waals surface area contributed by atoms with Crippen LogP contribution in [0.4, 0.5) is 0 Å². The van der Waals surface area contributed by atoms with Crippen molar-refractivity contribution in [2.75, 3.05) is 0 Å². The molecule has 0 fully saturated rings. The maximum Gasteiger partial charge on any atom is 0.251 e. The first kappa shape index (κ1) is 19.0. The Hall–Kier alpha value is -3.95. The van der Waals surface area contributed by atoms with Crippen molar-refractivity contribution in [3.8, 4) is 22.5 Å². The number of hydrogen-bond acceptors (Lipinski definition) is 5. The van der Waals surface area contributed by atoms with Gasteiger partial charge < -0.3 is 4.98 Å². The Morgan fingerprint density at radius 2 is 1.58 bits per heavy atom. The smallest absolute Gasteiger partial charge is 0.251 e. The summed E-state index contributed by atoms with van der Waals surface area (Å²) in [6, 6.07) is 5.47. The van der Waals surface area contributed by atoms with Crippen LogP contribution in [-0.2, 0) is 20.6 Å². The SMILES string of the molecule is Cc1cc2[nH]c(=O)cc(Cn3nc(-c4cnn(C)c4C)cc3-c3cnn(C)c3C)n2n1. The van der Waals surface area contributed by atoms with Gasteiger partial charge in [0.1, 0.15) is 5.65 Å². The van der Waals surface area contributed by atoms with Gasteiger partial charge in [-0.15, -0.1) is 0 Å². The van der Waals surface area contributed by atoms with Crippen molar-refractivity contribution in [2.45, 2.75) is 27.3 Å². The van der Waals surface area contributed by atoms with Gasteiger partial charge in [0.15, 0.2) is 0 Å². The van der Waals surface area contributed by atoms with Crippen molar-refractivity contribution in [2.24, 2.45) is 14.1 Å². The highest BCUT2D eigenvalue weighted by atomic mass is 16.1. The van der Waals surface area contributed by atoms with Gasteiger partial charge in [0.25, 0.3) is 5.56 Å². The van der Waals surface area contributed by atoms with E-state index in [0.717, 1.165) is 45.3 Å². The van der Waals surface area contributed by atoms with Crippen molar-refractivity contribution in [1.29, 1.82) is 0 Å². The number of fused-ring (bicyclic) bond motifs is 1. The number of aromatic amines is 1. The topological polar surface area (TPSA) is 104 Å². The lowest BCUT2D eigenvalue weighted by Gasteiger charge is -2.09. The van der Waals surface area contributed by atoms with Gasteiger partial charge >= 0.3 is 0 Å². The molecule has 0 amide bonds. The lowest BCUT2D eigenvalue weighted by molar-refractivity contribution is 0.656. The quantitative estimate of drug-likeness (QED) is 0.482. The fraction of sp³-hybridized carbons (Fsp3) is 0.286. The lowest BCUT2D eigenvalue weighted by atomic mass is 10.1. The summed E-state index contributed by atoms with van der Waals surface area (Å²) in [7, 11) is 3.83. The summed E-state index contributed by atoms with van der Waals surface area (Å²) in [6.45, 7) is 6.32. The first-order valence-corrected chi connectivity index (χ1v) is 9.96. The Bertz CT molecular complexity index is 1490. The average molecular weight is 417 g/mol. The van der Waals surface area contributed by atoms with Crippen LogP contribution in [0.3, 0.4) is 0 Å². The highest BCUT2D eigenvalue weighted by Crippen LogP contribution is 2.30. The van der Waals surface area contributed by atoms with Crippen LogP contribution < -0.4 is 5.56 Å². The molecular formula is C21H23N9O. The van der Waals surface area contributed by atoms with Crippen LogP contribution >= 0.6 is 0 Å². The minimum absolute atomic E-state index is 0.169. The molecule has 5 heterocycles. The van der Waals surface area contributed by atoms with E-state index in [9.17, 15) is 4.79 Å². The second-order valence-electron chi connectivity index (χ2n) is 7.81. The Kier molecular flexibility index (Phi) is 4.17. The van der Waals surface area contributed by atoms with Gasteiger partial charge in [0.05, 0.1) is 41.7 Å². The van der Waals surface area contributed by atoms with Gasteiger partial charge in [-0.1, -0.05) is 0 Å². The molecule has 5 aromatic rings. The molecule has 0 unspecified atom stereocenters. The van der Waals surface area contributed by atoms with Crippen LogP contribution in [0.5, 0.6) is 0 Å². The third-order valence-electron chi connectivity index (χ3n) is 5.77. The Balaban J connectivity index is 1.70. The van der Waals surface area contributed by atoms with Crippen LogP contribution in [0, 0.1) is 20.8 Å². The largest absolute Gasteiger partial charge is 0.307 e. The van der Waals surface area contributed by atoms with Crippen LogP contribution in [0.25, 0.3) is 28.2 Å². The van der Waals surface area contributed by atoms with Crippen LogP contribution in [0.15, 0.2) is 35.4 Å². The molecule has 1 N–H and O–H groups in total. The van der Waals surface area contributed by atoms with Gasteiger partial charge in [0.2, 0.25) is 0 Å². The van der Waals surface area contributed by atoms with Crippen LogP contribution in [0.1, 0.15) is 22.8 Å². The van der Waals surface area contributed by atoms with Gasteiger partial charge in [0, 0.05) is 48.7 Å². The lowest BCUT2D eigenvalue weighted by Crippen LogP contribution is -2.15. The predicted octanol–water partition coefficient (Wildman–Crippen LogP) is 1.99. The van der Waals surface area contributed by atoms with Crippen molar-refractivity contribution < 1.29 is 0 Å². The first-order chi connectivity index (χ1) is 14.8. The third kappa shape index (κ3) is 3.07. The molecule has 10 nitrogen and oxygen atoms in total. The molecular weight excluding hydrogens is 394 g/mol. The molecule has 31 heavy (non-hydrogen) atoms. The van der Waals surface area contributed by atoms with E-state index in [1.165, 1.54) is 0 Å². The normalized spacial score (nSPS) is 11.6. The molecule has 0 saturated heterocycles. The van der Waals surface area contributed by atoms with Crippen molar-refractivity contribution in [3.63, 3.8) is 0 Å². The molecule has 158 valence electrons. The molecule has 10 heteroatoms. The molecule has 0 aliphatic heterocycles. The number of H-pyrrole nitrogens is 1. The number of aromatic nitrogens is 9. The molecule has 0 atom stereocenters. The molecule has 0 aliphatic rings. The maximum atomic E-state index is 12.2. The summed E-state index contributed by atoms with van der Waals surface area (Å²) >= 11 is 0. The van der Waals surface area contributed by atoms with Crippen LogP contribution in [-0.4, -0.2) is 43.9 Å². The first-order valence-electron chi connectivity index (χ1n) is 9.96. The second-order valence-corrected chi connectivity index (χ2v) is 7.81. The van der Waals surface area contributed by atoms with Crippen molar-refractivity contribution in [1.82, 2.24) is 43.9 Å². The second kappa shape index (κ2) is 6.79. The number of nitrogens with one attached hydrogen (secondary N) is 1. The summed E-state index contributed by atoms with van der Waals surface area (Å²) < 4.78 is 7.32. The fourth-order valence-electron chi connectivity index (χ4n) is 3.83. The van der Waals surface area contributed by atoms with E-state index in [2.05, 4.69) is 20.3 Å². The summed E-state index contributed by atoms with van der Waals surface area (Å²) in [6.07, 6.45) is 3.67. The van der Waals surface area contributed by atoms with E-state index in [1.807, 2.05) is 73.4 Å². The van der Waals surface area contributed by atoms with E-state index < -0.39 is 0 Å². The molecule has 0 bridgehead atoms. The van der Waals surface area contributed by atoms with E-state index in [-0.39, 0.29) is 5.56 Å². The van der Waals surface area contributed by atoms with Gasteiger partial charge in [-0.25, -0.2) is 4.52 Å². The van der Waals surface area contributed by atoms with E-state index >= 15 is 0 Å². The monoisotopic (exact) mass is 417 g/mol. The zero-order valence-electron chi connectivity index (χ0n) is 18.1. The number of rotatable bonds is 4. The van der Waals surface area contributed by atoms with E-state index in [1.54, 1.807) is 10.6 Å². The number of nitrogens with zero attached hydrogens (tertiary/aromatic N) is 8. The summed E-state index contributed by atoms with van der Waals surface area (Å²) in [5, 5.41) is 18.2. The fourth-order valence-corrected chi connectivity index (χ4v) is 3.83. The van der Waals surface area contributed by atoms with E-state index in [4.69, 9.17) is 5.10 Å². The van der Waals surface area contributed by atoms with Crippen molar-refractivity contribution in [3.05, 3.63) is 63.7 Å². The molecule has 0 spiro atoms. The highest BCUT2D eigenvalue weighted by Gasteiger charge is 2.19. The minimum Gasteiger partial charge on any atom is -0.307 e. The third-order valence-corrected chi connectivity index (χ3v) is 5.77. The number of hydrogen-bond donors (Lipinski definition) is 1. The predicted molar refractivity (Wildman–Crippen MR) is 116 cm³/mol. The molecule has 0 saturated carbocycles. The summed E-state index contributed by atoms with van der Waals surface area (Å²) in [5.74, 6) is 0. The van der Waals surface area contributed by atoms with Gasteiger partial charge in [-0.05, 0) is 26.8 Å². The standard InChI is InChI=1S/C21H23N9O/c1-12-6-20-24-21(31)7-15(30(20)25-12)11-29-19(17-10-23-28(5)14(17)3)8-18(26-29)16-9-22-27(4)13(16)2/h6-10H,11H2,1-5H3,(H,24,31). The molecule has 5 rings (SSSR count). The number of aryl methyl sites for hydroxylation is 3. The zero-order valence-corrected chi connectivity index (χ0v) is 18.1. The van der Waals surface area contributed by atoms with E-state index in [0.29, 0.717) is 12.2 Å². The summed E-state index contributed by atoms with van der Waals surface area (Å²) in [5.41, 5.74) is 7.82. The van der Waals surface area contributed by atoms with Gasteiger partial charge in [-0.2, -0.15) is 20.4 Å². The maximum absolute atomic E-state index is 12.2. The highest BCUT2D eigenvalue weighted by molar-refractivity contribution is 5.70. The average Bonchev–Trinajstić information content (AvgIpc) is 3.45. The van der Waals surface area contributed by atoms with Gasteiger partial charge in [-0.3, -0.25) is 18.8 Å². The molecule has 0 radical (unpaired) electrons. The van der Waals surface area contributed by atoms with Crippen LogP contribution in [0.2, 0.25) is 0 Å². The molecule has 0 aliphatic carbocycles. The Morgan fingerprint density at radius 1 is 0.903 bits per heavy atom. The Morgan fingerprint density at radius 3 is 2.23 bits per heavy atom. The van der Waals surface area contributed by atoms with Crippen molar-refractivity contribution >= 4 is 5.65 Å². The minimum atomic E-state index is -0.169. The molecule has 0 aromatic carbocycles. The zero-order chi connectivity index (χ0) is 21.9. The summed E-state index contributed by atoms with van der Waals surface area (Å²) in [4.78, 5) is 15.1. The Labute approximate surface area is 177 Å². The molecule has 5 aromatic heterocycles.